The molecular formula is C13H16O2. The Hall–Kier alpha value is -1.31. The van der Waals surface area contributed by atoms with Crippen LogP contribution in [0.1, 0.15) is 25.3 Å². The molecule has 0 saturated carbocycles. The van der Waals surface area contributed by atoms with Crippen LogP contribution in [0.25, 0.3) is 0 Å². The van der Waals surface area contributed by atoms with E-state index in [1.807, 2.05) is 25.1 Å². The van der Waals surface area contributed by atoms with Crippen LogP contribution in [0.15, 0.2) is 30.3 Å². The molecule has 2 nitrogen and oxygen atoms in total. The first-order chi connectivity index (χ1) is 7.25. The van der Waals surface area contributed by atoms with Gasteiger partial charge in [-0.25, -0.2) is 0 Å². The van der Waals surface area contributed by atoms with Crippen molar-refractivity contribution in [1.82, 2.24) is 0 Å². The van der Waals surface area contributed by atoms with E-state index in [2.05, 4.69) is 12.1 Å². The minimum atomic E-state index is -0.0342. The van der Waals surface area contributed by atoms with Crippen molar-refractivity contribution in [2.24, 2.45) is 5.92 Å². The third-order valence-corrected chi connectivity index (χ3v) is 2.90. The topological polar surface area (TPSA) is 26.3 Å². The highest BCUT2D eigenvalue weighted by Gasteiger charge is 2.30. The molecule has 1 aliphatic heterocycles. The zero-order valence-electron chi connectivity index (χ0n) is 8.98. The van der Waals surface area contributed by atoms with Gasteiger partial charge in [0.15, 0.2) is 0 Å². The van der Waals surface area contributed by atoms with Crippen LogP contribution in [-0.4, -0.2) is 12.1 Å². The zero-order chi connectivity index (χ0) is 10.7. The molecule has 0 amide bonds. The largest absolute Gasteiger partial charge is 0.462 e. The van der Waals surface area contributed by atoms with Gasteiger partial charge < -0.3 is 4.74 Å². The summed E-state index contributed by atoms with van der Waals surface area (Å²) < 4.78 is 5.26. The molecule has 0 N–H and O–H groups in total. The molecule has 0 aliphatic carbocycles. The molecule has 2 atom stereocenters. The summed E-state index contributed by atoms with van der Waals surface area (Å²) in [6.45, 7) is 1.94. The highest BCUT2D eigenvalue weighted by atomic mass is 16.5. The van der Waals surface area contributed by atoms with Crippen LogP contribution in [-0.2, 0) is 16.0 Å². The molecule has 80 valence electrons. The molecule has 1 fully saturated rings. The van der Waals surface area contributed by atoms with Crippen LogP contribution in [0.5, 0.6) is 0 Å². The highest BCUT2D eigenvalue weighted by molar-refractivity contribution is 5.74. The Labute approximate surface area is 90.3 Å². The van der Waals surface area contributed by atoms with E-state index in [0.717, 1.165) is 19.3 Å². The number of carbonyl (C=O) groups is 1. The fraction of sp³-hybridized carbons (Fsp3) is 0.462. The Morgan fingerprint density at radius 1 is 1.33 bits per heavy atom. The summed E-state index contributed by atoms with van der Waals surface area (Å²) in [6, 6.07) is 10.3. The van der Waals surface area contributed by atoms with Gasteiger partial charge in [0.05, 0.1) is 5.92 Å². The summed E-state index contributed by atoms with van der Waals surface area (Å²) in [6.07, 6.45) is 2.95. The number of carbonyl (C=O) groups excluding carboxylic acids is 1. The van der Waals surface area contributed by atoms with Crippen molar-refractivity contribution in [3.05, 3.63) is 35.9 Å². The average Bonchev–Trinajstić information content (AvgIpc) is 2.57. The van der Waals surface area contributed by atoms with E-state index < -0.39 is 0 Å². The Morgan fingerprint density at radius 3 is 2.67 bits per heavy atom. The van der Waals surface area contributed by atoms with Gasteiger partial charge in [-0.3, -0.25) is 4.79 Å². The number of esters is 1. The maximum Gasteiger partial charge on any atom is 0.309 e. The molecule has 1 aliphatic rings. The van der Waals surface area contributed by atoms with Gasteiger partial charge in [-0.2, -0.15) is 0 Å². The standard InChI is InChI=1S/C13H16O2/c1-10-9-12(15-13(10)14)8-7-11-5-3-2-4-6-11/h2-6,10,12H,7-9H2,1H3/t10-,12+/m1/s1. The zero-order valence-corrected chi connectivity index (χ0v) is 8.98. The van der Waals surface area contributed by atoms with Crippen LogP contribution in [0, 0.1) is 5.92 Å². The normalized spacial score (nSPS) is 25.3. The van der Waals surface area contributed by atoms with Crippen LogP contribution >= 0.6 is 0 Å². The molecule has 0 spiro atoms. The minimum Gasteiger partial charge on any atom is -0.462 e. The van der Waals surface area contributed by atoms with Gasteiger partial charge in [-0.1, -0.05) is 37.3 Å². The fourth-order valence-corrected chi connectivity index (χ4v) is 1.97. The van der Waals surface area contributed by atoms with Gasteiger partial charge in [0.1, 0.15) is 6.10 Å². The Balaban J connectivity index is 1.82. The number of rotatable bonds is 3. The third kappa shape index (κ3) is 2.58. The number of benzene rings is 1. The summed E-state index contributed by atoms with van der Waals surface area (Å²) in [4.78, 5) is 11.2. The van der Waals surface area contributed by atoms with Gasteiger partial charge >= 0.3 is 5.97 Å². The Morgan fingerprint density at radius 2 is 2.07 bits per heavy atom. The Kier molecular flexibility index (Phi) is 3.05. The molecule has 1 aromatic carbocycles. The lowest BCUT2D eigenvalue weighted by atomic mass is 10.0. The third-order valence-electron chi connectivity index (χ3n) is 2.90. The van der Waals surface area contributed by atoms with Crippen LogP contribution in [0.4, 0.5) is 0 Å². The molecule has 1 aromatic rings. The van der Waals surface area contributed by atoms with Gasteiger partial charge in [0.25, 0.3) is 0 Å². The monoisotopic (exact) mass is 204 g/mol. The van der Waals surface area contributed by atoms with E-state index in [-0.39, 0.29) is 18.0 Å². The summed E-state index contributed by atoms with van der Waals surface area (Å²) in [7, 11) is 0. The van der Waals surface area contributed by atoms with Gasteiger partial charge in [-0.05, 0) is 24.8 Å². The summed E-state index contributed by atoms with van der Waals surface area (Å²) in [5.41, 5.74) is 1.31. The molecule has 0 bridgehead atoms. The second-order valence-electron chi connectivity index (χ2n) is 4.22. The van der Waals surface area contributed by atoms with Crippen molar-refractivity contribution < 1.29 is 9.53 Å². The lowest BCUT2D eigenvalue weighted by Crippen LogP contribution is -2.07. The lowest BCUT2D eigenvalue weighted by Gasteiger charge is -2.08. The number of aryl methyl sites for hydroxylation is 1. The number of hydrogen-bond donors (Lipinski definition) is 0. The summed E-state index contributed by atoms with van der Waals surface area (Å²) in [5, 5.41) is 0. The lowest BCUT2D eigenvalue weighted by molar-refractivity contribution is -0.144. The number of cyclic esters (lactones) is 1. The van der Waals surface area contributed by atoms with E-state index >= 15 is 0 Å². The molecule has 0 unspecified atom stereocenters. The van der Waals surface area contributed by atoms with Crippen LogP contribution in [0.3, 0.4) is 0 Å². The fourth-order valence-electron chi connectivity index (χ4n) is 1.97. The average molecular weight is 204 g/mol. The van der Waals surface area contributed by atoms with E-state index in [9.17, 15) is 4.79 Å². The first-order valence-corrected chi connectivity index (χ1v) is 5.50. The van der Waals surface area contributed by atoms with E-state index in [0.29, 0.717) is 0 Å². The predicted molar refractivity (Wildman–Crippen MR) is 58.4 cm³/mol. The van der Waals surface area contributed by atoms with E-state index in [1.165, 1.54) is 5.56 Å². The summed E-state index contributed by atoms with van der Waals surface area (Å²) >= 11 is 0. The number of hydrogen-bond acceptors (Lipinski definition) is 2. The number of ether oxygens (including phenoxy) is 1. The first-order valence-electron chi connectivity index (χ1n) is 5.50. The maximum atomic E-state index is 11.2. The molecule has 2 rings (SSSR count). The van der Waals surface area contributed by atoms with Crippen molar-refractivity contribution in [1.29, 1.82) is 0 Å². The highest BCUT2D eigenvalue weighted by Crippen LogP contribution is 2.23. The molecule has 1 saturated heterocycles. The molecule has 15 heavy (non-hydrogen) atoms. The molecule has 2 heteroatoms. The smallest absolute Gasteiger partial charge is 0.309 e. The molecular weight excluding hydrogens is 188 g/mol. The molecule has 0 radical (unpaired) electrons. The predicted octanol–water partition coefficient (Wildman–Crippen LogP) is 2.57. The van der Waals surface area contributed by atoms with Crippen molar-refractivity contribution in [2.75, 3.05) is 0 Å². The molecule has 0 aromatic heterocycles. The first kappa shape index (κ1) is 10.2. The quantitative estimate of drug-likeness (QED) is 0.707. The second kappa shape index (κ2) is 4.47. The maximum absolute atomic E-state index is 11.2. The van der Waals surface area contributed by atoms with E-state index in [4.69, 9.17) is 4.74 Å². The van der Waals surface area contributed by atoms with Crippen molar-refractivity contribution >= 4 is 5.97 Å². The van der Waals surface area contributed by atoms with Crippen molar-refractivity contribution in [3.63, 3.8) is 0 Å². The SMILES string of the molecule is C[C@@H]1C[C@H](CCc2ccccc2)OC1=O. The van der Waals surface area contributed by atoms with Crippen molar-refractivity contribution in [2.45, 2.75) is 32.3 Å². The van der Waals surface area contributed by atoms with Gasteiger partial charge in [0, 0.05) is 0 Å². The van der Waals surface area contributed by atoms with Crippen LogP contribution in [0.2, 0.25) is 0 Å². The molecule has 1 heterocycles. The van der Waals surface area contributed by atoms with Crippen molar-refractivity contribution in [3.8, 4) is 0 Å². The van der Waals surface area contributed by atoms with E-state index in [1.54, 1.807) is 0 Å². The summed E-state index contributed by atoms with van der Waals surface area (Å²) in [5.74, 6) is 0.0545. The second-order valence-corrected chi connectivity index (χ2v) is 4.22. The van der Waals surface area contributed by atoms with Crippen LogP contribution < -0.4 is 0 Å². The Bertz CT molecular complexity index is 332. The van der Waals surface area contributed by atoms with Gasteiger partial charge in [0.2, 0.25) is 0 Å². The minimum absolute atomic E-state index is 0.0342. The van der Waals surface area contributed by atoms with Gasteiger partial charge in [-0.15, -0.1) is 0 Å².